The lowest BCUT2D eigenvalue weighted by Crippen LogP contribution is -1.97. The highest BCUT2D eigenvalue weighted by atomic mass is 35.5. The Bertz CT molecular complexity index is 775. The Morgan fingerprint density at radius 1 is 0.952 bits per heavy atom. The molecule has 0 amide bonds. The summed E-state index contributed by atoms with van der Waals surface area (Å²) >= 11 is 10.3. The fourth-order valence-electron chi connectivity index (χ4n) is 2.05. The lowest BCUT2D eigenvalue weighted by molar-refractivity contribution is 1.07. The SMILES string of the molecule is Sc1ccccc1N=Cc1cccn1-c1ccc(Cl)cc1. The Kier molecular flexibility index (Phi) is 4.13. The van der Waals surface area contributed by atoms with Crippen molar-refractivity contribution in [3.05, 3.63) is 77.6 Å². The summed E-state index contributed by atoms with van der Waals surface area (Å²) in [5.74, 6) is 0. The predicted octanol–water partition coefficient (Wildman–Crippen LogP) is 5.17. The van der Waals surface area contributed by atoms with Gasteiger partial charge in [0.25, 0.3) is 0 Å². The molecule has 2 nitrogen and oxygen atoms in total. The zero-order valence-electron chi connectivity index (χ0n) is 11.1. The van der Waals surface area contributed by atoms with Crippen LogP contribution in [0.1, 0.15) is 5.69 Å². The predicted molar refractivity (Wildman–Crippen MR) is 91.7 cm³/mol. The van der Waals surface area contributed by atoms with E-state index in [9.17, 15) is 0 Å². The van der Waals surface area contributed by atoms with Crippen LogP contribution < -0.4 is 0 Å². The molecule has 3 rings (SSSR count). The van der Waals surface area contributed by atoms with Gasteiger partial charge >= 0.3 is 0 Å². The first-order valence-electron chi connectivity index (χ1n) is 6.49. The molecule has 0 radical (unpaired) electrons. The van der Waals surface area contributed by atoms with Gasteiger partial charge in [-0.15, -0.1) is 12.6 Å². The van der Waals surface area contributed by atoms with Crippen LogP contribution >= 0.6 is 24.2 Å². The van der Waals surface area contributed by atoms with Crippen molar-refractivity contribution in [2.45, 2.75) is 4.90 Å². The molecular weight excluding hydrogens is 300 g/mol. The molecule has 0 aliphatic heterocycles. The maximum atomic E-state index is 5.93. The van der Waals surface area contributed by atoms with Crippen molar-refractivity contribution in [1.82, 2.24) is 4.57 Å². The molecule has 0 unspecified atom stereocenters. The Morgan fingerprint density at radius 2 is 1.71 bits per heavy atom. The highest BCUT2D eigenvalue weighted by Gasteiger charge is 2.01. The van der Waals surface area contributed by atoms with Crippen molar-refractivity contribution in [3.8, 4) is 5.69 Å². The Hall–Kier alpha value is -1.97. The van der Waals surface area contributed by atoms with Crippen molar-refractivity contribution >= 4 is 36.1 Å². The zero-order chi connectivity index (χ0) is 14.7. The lowest BCUT2D eigenvalue weighted by Gasteiger charge is -2.06. The molecule has 21 heavy (non-hydrogen) atoms. The van der Waals surface area contributed by atoms with E-state index in [0.717, 1.165) is 27.0 Å². The normalized spacial score (nSPS) is 11.1. The second-order valence-electron chi connectivity index (χ2n) is 4.53. The van der Waals surface area contributed by atoms with E-state index in [2.05, 4.69) is 22.2 Å². The number of halogens is 1. The maximum Gasteiger partial charge on any atom is 0.0763 e. The van der Waals surface area contributed by atoms with Crippen molar-refractivity contribution in [2.24, 2.45) is 4.99 Å². The highest BCUT2D eigenvalue weighted by molar-refractivity contribution is 7.80. The summed E-state index contributed by atoms with van der Waals surface area (Å²) in [6.45, 7) is 0. The van der Waals surface area contributed by atoms with Crippen molar-refractivity contribution in [1.29, 1.82) is 0 Å². The van der Waals surface area contributed by atoms with Gasteiger partial charge in [-0.25, -0.2) is 0 Å². The molecule has 0 aliphatic carbocycles. The fraction of sp³-hybridized carbons (Fsp3) is 0. The van der Waals surface area contributed by atoms with E-state index in [1.807, 2.05) is 73.1 Å². The summed E-state index contributed by atoms with van der Waals surface area (Å²) in [6.07, 6.45) is 3.83. The summed E-state index contributed by atoms with van der Waals surface area (Å²) in [5, 5.41) is 0.727. The molecule has 0 bridgehead atoms. The summed E-state index contributed by atoms with van der Waals surface area (Å²) in [5.41, 5.74) is 2.89. The number of hydrogen-bond donors (Lipinski definition) is 1. The first-order valence-corrected chi connectivity index (χ1v) is 7.32. The van der Waals surface area contributed by atoms with E-state index >= 15 is 0 Å². The molecule has 4 heteroatoms. The Balaban J connectivity index is 1.93. The molecule has 0 spiro atoms. The molecule has 1 heterocycles. The van der Waals surface area contributed by atoms with E-state index in [-0.39, 0.29) is 0 Å². The molecule has 0 atom stereocenters. The number of aliphatic imine (C=N–C) groups is 1. The van der Waals surface area contributed by atoms with E-state index in [4.69, 9.17) is 11.6 Å². The van der Waals surface area contributed by atoms with Crippen LogP contribution in [0.3, 0.4) is 0 Å². The number of hydrogen-bond acceptors (Lipinski definition) is 2. The van der Waals surface area contributed by atoms with Gasteiger partial charge in [0.05, 0.1) is 17.6 Å². The van der Waals surface area contributed by atoms with Gasteiger partial charge in [-0.1, -0.05) is 23.7 Å². The van der Waals surface area contributed by atoms with Crippen LogP contribution in [0.25, 0.3) is 5.69 Å². The lowest BCUT2D eigenvalue weighted by atomic mass is 10.3. The van der Waals surface area contributed by atoms with Crippen LogP contribution in [0.4, 0.5) is 5.69 Å². The smallest absolute Gasteiger partial charge is 0.0763 e. The average Bonchev–Trinajstić information content (AvgIpc) is 2.96. The molecule has 2 aromatic carbocycles. The number of para-hydroxylation sites is 1. The van der Waals surface area contributed by atoms with E-state index < -0.39 is 0 Å². The Morgan fingerprint density at radius 3 is 2.48 bits per heavy atom. The van der Waals surface area contributed by atoms with Gasteiger partial charge in [0.2, 0.25) is 0 Å². The summed E-state index contributed by atoms with van der Waals surface area (Å²) in [6, 6.07) is 19.5. The molecular formula is C17H13ClN2S. The minimum atomic E-state index is 0.727. The molecule has 0 aliphatic rings. The van der Waals surface area contributed by atoms with Crippen molar-refractivity contribution in [3.63, 3.8) is 0 Å². The van der Waals surface area contributed by atoms with Crippen LogP contribution in [-0.2, 0) is 0 Å². The first-order chi connectivity index (χ1) is 10.2. The monoisotopic (exact) mass is 312 g/mol. The van der Waals surface area contributed by atoms with Gasteiger partial charge in [-0.2, -0.15) is 0 Å². The van der Waals surface area contributed by atoms with Crippen molar-refractivity contribution in [2.75, 3.05) is 0 Å². The minimum absolute atomic E-state index is 0.727. The molecule has 3 aromatic rings. The van der Waals surface area contributed by atoms with Gasteiger partial charge in [0, 0.05) is 21.8 Å². The maximum absolute atomic E-state index is 5.93. The first kappa shape index (κ1) is 14.0. The zero-order valence-corrected chi connectivity index (χ0v) is 12.8. The third-order valence-corrected chi connectivity index (χ3v) is 3.73. The highest BCUT2D eigenvalue weighted by Crippen LogP contribution is 2.22. The van der Waals surface area contributed by atoms with Crippen LogP contribution in [-0.4, -0.2) is 10.8 Å². The van der Waals surface area contributed by atoms with Crippen LogP contribution in [0.2, 0.25) is 5.02 Å². The summed E-state index contributed by atoms with van der Waals surface area (Å²) in [7, 11) is 0. The van der Waals surface area contributed by atoms with E-state index in [0.29, 0.717) is 0 Å². The second-order valence-corrected chi connectivity index (χ2v) is 5.44. The second kappa shape index (κ2) is 6.20. The number of thiol groups is 1. The number of benzene rings is 2. The molecule has 0 saturated carbocycles. The molecule has 0 N–H and O–H groups in total. The molecule has 0 fully saturated rings. The topological polar surface area (TPSA) is 17.3 Å². The molecule has 0 saturated heterocycles. The average molecular weight is 313 g/mol. The van der Waals surface area contributed by atoms with Gasteiger partial charge in [-0.05, 0) is 48.5 Å². The third-order valence-electron chi connectivity index (χ3n) is 3.10. The van der Waals surface area contributed by atoms with Crippen LogP contribution in [0, 0.1) is 0 Å². The standard InChI is InChI=1S/C17H13ClN2S/c18-13-7-9-14(10-8-13)20-11-3-4-15(20)12-19-16-5-1-2-6-17(16)21/h1-12,21H. The van der Waals surface area contributed by atoms with E-state index in [1.165, 1.54) is 0 Å². The molecule has 1 aromatic heterocycles. The van der Waals surface area contributed by atoms with Gasteiger partial charge in [-0.3, -0.25) is 4.99 Å². The fourth-order valence-corrected chi connectivity index (χ4v) is 2.39. The number of nitrogens with zero attached hydrogens (tertiary/aromatic N) is 2. The van der Waals surface area contributed by atoms with Crippen molar-refractivity contribution < 1.29 is 0 Å². The number of aromatic nitrogens is 1. The Labute approximate surface area is 134 Å². The molecule has 104 valence electrons. The minimum Gasteiger partial charge on any atom is -0.316 e. The van der Waals surface area contributed by atoms with Gasteiger partial charge < -0.3 is 4.57 Å². The van der Waals surface area contributed by atoms with Gasteiger partial charge in [0.1, 0.15) is 0 Å². The number of rotatable bonds is 3. The van der Waals surface area contributed by atoms with Crippen LogP contribution in [0.5, 0.6) is 0 Å². The largest absolute Gasteiger partial charge is 0.316 e. The van der Waals surface area contributed by atoms with E-state index in [1.54, 1.807) is 0 Å². The summed E-state index contributed by atoms with van der Waals surface area (Å²) < 4.78 is 2.06. The third kappa shape index (κ3) is 3.20. The van der Waals surface area contributed by atoms with Crippen LogP contribution in [0.15, 0.2) is 76.7 Å². The summed E-state index contributed by atoms with van der Waals surface area (Å²) in [4.78, 5) is 5.36. The van der Waals surface area contributed by atoms with Gasteiger partial charge in [0.15, 0.2) is 0 Å². The quantitative estimate of drug-likeness (QED) is 0.508.